The van der Waals surface area contributed by atoms with Crippen LogP contribution in [-0.4, -0.2) is 18.7 Å². The first-order valence-corrected chi connectivity index (χ1v) is 6.31. The predicted molar refractivity (Wildman–Crippen MR) is 73.7 cm³/mol. The third-order valence-electron chi connectivity index (χ3n) is 3.39. The van der Waals surface area contributed by atoms with Crippen molar-refractivity contribution in [1.29, 1.82) is 0 Å². The van der Waals surface area contributed by atoms with Crippen LogP contribution in [0.25, 0.3) is 5.70 Å². The van der Waals surface area contributed by atoms with Gasteiger partial charge in [0.25, 0.3) is 5.92 Å². The Morgan fingerprint density at radius 1 is 1.28 bits per heavy atom. The zero-order valence-electron chi connectivity index (χ0n) is 10.8. The van der Waals surface area contributed by atoms with Crippen LogP contribution in [0.4, 0.5) is 8.78 Å². The number of hydrogen-bond acceptors (Lipinski definition) is 1. The van der Waals surface area contributed by atoms with Crippen LogP contribution in [0.2, 0.25) is 13.6 Å². The lowest BCUT2D eigenvalue weighted by molar-refractivity contribution is -0.0891. The fourth-order valence-corrected chi connectivity index (χ4v) is 2.16. The second-order valence-electron chi connectivity index (χ2n) is 5.36. The molecule has 1 aliphatic carbocycles. The fraction of sp³-hybridized carbons (Fsp3) is 0.429. The van der Waals surface area contributed by atoms with Gasteiger partial charge in [-0.2, -0.15) is 0 Å². The van der Waals surface area contributed by atoms with Gasteiger partial charge in [-0.1, -0.05) is 50.0 Å². The third kappa shape index (κ3) is 2.92. The lowest BCUT2D eigenvalue weighted by atomic mass is 9.49. The van der Waals surface area contributed by atoms with Gasteiger partial charge in [0.15, 0.2) is 6.71 Å². The van der Waals surface area contributed by atoms with E-state index < -0.39 is 5.92 Å². The van der Waals surface area contributed by atoms with E-state index in [1.54, 1.807) is 0 Å². The number of alkyl halides is 2. The van der Waals surface area contributed by atoms with Crippen molar-refractivity contribution in [3.63, 3.8) is 0 Å². The normalized spacial score (nSPS) is 18.0. The van der Waals surface area contributed by atoms with Gasteiger partial charge in [-0.15, -0.1) is 0 Å². The van der Waals surface area contributed by atoms with E-state index in [4.69, 9.17) is 0 Å². The molecule has 1 aromatic rings. The van der Waals surface area contributed by atoms with E-state index in [0.717, 1.165) is 11.3 Å². The average molecular weight is 249 g/mol. The van der Waals surface area contributed by atoms with Crippen LogP contribution in [0, 0.1) is 0 Å². The standard InChI is InChI=1S/C14H18BF2N/c1-10(18-13-8-14(16,17)9-13)11-4-6-12(7-5-11)15(2)3/h4-7,13,18H,1,8-9H2,2-3H3. The lowest BCUT2D eigenvalue weighted by Crippen LogP contribution is -2.47. The summed E-state index contributed by atoms with van der Waals surface area (Å²) in [6.07, 6.45) is -0.174. The Hall–Kier alpha value is -1.32. The van der Waals surface area contributed by atoms with Crippen molar-refractivity contribution in [2.24, 2.45) is 0 Å². The number of nitrogens with one attached hydrogen (secondary N) is 1. The maximum Gasteiger partial charge on any atom is 0.252 e. The molecular formula is C14H18BF2N. The molecule has 0 unspecified atom stereocenters. The van der Waals surface area contributed by atoms with Crippen molar-refractivity contribution in [2.75, 3.05) is 0 Å². The van der Waals surface area contributed by atoms with Crippen molar-refractivity contribution in [1.82, 2.24) is 5.32 Å². The lowest BCUT2D eigenvalue weighted by Gasteiger charge is -2.36. The zero-order valence-corrected chi connectivity index (χ0v) is 10.8. The molecule has 1 N–H and O–H groups in total. The maximum atomic E-state index is 12.7. The largest absolute Gasteiger partial charge is 0.382 e. The molecule has 0 aliphatic heterocycles. The molecule has 0 radical (unpaired) electrons. The minimum absolute atomic E-state index is 0.0872. The Labute approximate surface area is 107 Å². The quantitative estimate of drug-likeness (QED) is 0.809. The van der Waals surface area contributed by atoms with Gasteiger partial charge in [0.1, 0.15) is 0 Å². The Balaban J connectivity index is 1.93. The van der Waals surface area contributed by atoms with Crippen LogP contribution in [0.15, 0.2) is 30.8 Å². The van der Waals surface area contributed by atoms with Crippen LogP contribution in [0.5, 0.6) is 0 Å². The molecule has 0 spiro atoms. The minimum atomic E-state index is -2.49. The van der Waals surface area contributed by atoms with Crippen LogP contribution < -0.4 is 10.8 Å². The highest BCUT2D eigenvalue weighted by Crippen LogP contribution is 2.38. The summed E-state index contributed by atoms with van der Waals surface area (Å²) in [5.74, 6) is -2.49. The monoisotopic (exact) mass is 249 g/mol. The Morgan fingerprint density at radius 2 is 1.83 bits per heavy atom. The van der Waals surface area contributed by atoms with Crippen molar-refractivity contribution < 1.29 is 8.78 Å². The van der Waals surface area contributed by atoms with Crippen LogP contribution in [-0.2, 0) is 0 Å². The summed E-state index contributed by atoms with van der Waals surface area (Å²) >= 11 is 0. The number of benzene rings is 1. The zero-order chi connectivity index (χ0) is 13.3. The SMILES string of the molecule is C=C(NC1CC(F)(F)C1)c1ccc(B(C)C)cc1. The number of halogens is 2. The van der Waals surface area contributed by atoms with Gasteiger partial charge in [0.05, 0.1) is 0 Å². The Kier molecular flexibility index (Phi) is 3.46. The highest BCUT2D eigenvalue weighted by Gasteiger charge is 2.45. The van der Waals surface area contributed by atoms with Gasteiger partial charge < -0.3 is 5.32 Å². The second kappa shape index (κ2) is 4.75. The molecule has 0 heterocycles. The molecule has 1 aromatic carbocycles. The maximum absolute atomic E-state index is 12.7. The third-order valence-corrected chi connectivity index (χ3v) is 3.39. The molecule has 1 aliphatic rings. The molecule has 96 valence electrons. The Morgan fingerprint density at radius 3 is 2.28 bits per heavy atom. The molecule has 0 aromatic heterocycles. The van der Waals surface area contributed by atoms with Crippen LogP contribution in [0.3, 0.4) is 0 Å². The van der Waals surface area contributed by atoms with E-state index in [1.165, 1.54) is 5.46 Å². The minimum Gasteiger partial charge on any atom is -0.382 e. The second-order valence-corrected chi connectivity index (χ2v) is 5.36. The van der Waals surface area contributed by atoms with E-state index in [1.807, 2.05) is 12.1 Å². The molecule has 0 saturated heterocycles. The summed E-state index contributed by atoms with van der Waals surface area (Å²) in [7, 11) is 0. The van der Waals surface area contributed by atoms with E-state index in [0.29, 0.717) is 6.71 Å². The van der Waals surface area contributed by atoms with Crippen molar-refractivity contribution >= 4 is 17.9 Å². The fourth-order valence-electron chi connectivity index (χ4n) is 2.16. The van der Waals surface area contributed by atoms with Crippen molar-refractivity contribution in [3.8, 4) is 0 Å². The summed E-state index contributed by atoms with van der Waals surface area (Å²) < 4.78 is 25.4. The highest BCUT2D eigenvalue weighted by molar-refractivity contribution is 6.70. The van der Waals surface area contributed by atoms with Crippen molar-refractivity contribution in [2.45, 2.75) is 38.5 Å². The molecule has 1 nitrogen and oxygen atoms in total. The first-order valence-electron chi connectivity index (χ1n) is 6.31. The molecule has 4 heteroatoms. The van der Waals surface area contributed by atoms with Gasteiger partial charge in [0, 0.05) is 24.6 Å². The number of rotatable bonds is 4. The first-order chi connectivity index (χ1) is 8.37. The molecule has 0 amide bonds. The highest BCUT2D eigenvalue weighted by atomic mass is 19.3. The van der Waals surface area contributed by atoms with Gasteiger partial charge in [0.2, 0.25) is 0 Å². The van der Waals surface area contributed by atoms with E-state index >= 15 is 0 Å². The van der Waals surface area contributed by atoms with Crippen molar-refractivity contribution in [3.05, 3.63) is 36.4 Å². The summed E-state index contributed by atoms with van der Waals surface area (Å²) in [4.78, 5) is 0. The smallest absolute Gasteiger partial charge is 0.252 e. The van der Waals surface area contributed by atoms with Gasteiger partial charge >= 0.3 is 0 Å². The van der Waals surface area contributed by atoms with Crippen LogP contribution >= 0.6 is 0 Å². The molecule has 1 fully saturated rings. The predicted octanol–water partition coefficient (Wildman–Crippen LogP) is 3.01. The summed E-state index contributed by atoms with van der Waals surface area (Å²) in [6.45, 7) is 8.68. The summed E-state index contributed by atoms with van der Waals surface area (Å²) in [5, 5.41) is 3.06. The first kappa shape index (κ1) is 13.1. The van der Waals surface area contributed by atoms with Gasteiger partial charge in [-0.05, 0) is 5.56 Å². The topological polar surface area (TPSA) is 12.0 Å². The molecular weight excluding hydrogens is 231 g/mol. The average Bonchev–Trinajstić information content (AvgIpc) is 2.26. The number of hydrogen-bond donors (Lipinski definition) is 1. The van der Waals surface area contributed by atoms with E-state index in [9.17, 15) is 8.78 Å². The molecule has 0 bridgehead atoms. The van der Waals surface area contributed by atoms with Gasteiger partial charge in [-0.25, -0.2) is 8.78 Å². The molecule has 2 rings (SSSR count). The van der Waals surface area contributed by atoms with Crippen LogP contribution in [0.1, 0.15) is 18.4 Å². The molecule has 18 heavy (non-hydrogen) atoms. The van der Waals surface area contributed by atoms with Gasteiger partial charge in [-0.3, -0.25) is 0 Å². The molecule has 0 atom stereocenters. The molecule has 1 saturated carbocycles. The Bertz CT molecular complexity index is 432. The van der Waals surface area contributed by atoms with E-state index in [2.05, 4.69) is 37.7 Å². The summed E-state index contributed by atoms with van der Waals surface area (Å²) in [6, 6.07) is 7.95. The van der Waals surface area contributed by atoms with E-state index in [-0.39, 0.29) is 18.9 Å². The summed E-state index contributed by atoms with van der Waals surface area (Å²) in [5.41, 5.74) is 2.96.